The number of nitrogens with one attached hydrogen (secondary N) is 1. The molecule has 21 heavy (non-hydrogen) atoms. The zero-order valence-electron chi connectivity index (χ0n) is 12.8. The highest BCUT2D eigenvalue weighted by molar-refractivity contribution is 7.88. The van der Waals surface area contributed by atoms with E-state index in [9.17, 15) is 18.0 Å². The van der Waals surface area contributed by atoms with Crippen LogP contribution in [0.5, 0.6) is 0 Å². The average molecular weight is 320 g/mol. The second-order valence-electron chi connectivity index (χ2n) is 6.19. The molecule has 2 N–H and O–H groups in total. The Hall–Kier alpha value is -1.15. The van der Waals surface area contributed by atoms with E-state index in [0.29, 0.717) is 19.5 Å². The van der Waals surface area contributed by atoms with Crippen LogP contribution in [0.15, 0.2) is 0 Å². The van der Waals surface area contributed by atoms with Gasteiger partial charge < -0.3 is 10.0 Å². The molecule has 1 atom stereocenters. The van der Waals surface area contributed by atoms with Crippen LogP contribution in [0.25, 0.3) is 0 Å². The number of carbonyl (C=O) groups excluding carboxylic acids is 1. The Balaban J connectivity index is 2.66. The Bertz CT molecular complexity index is 501. The number of hydrogen-bond acceptors (Lipinski definition) is 4. The molecule has 0 bridgehead atoms. The number of nitrogens with zero attached hydrogens (tertiary/aromatic N) is 1. The van der Waals surface area contributed by atoms with E-state index < -0.39 is 21.5 Å². The van der Waals surface area contributed by atoms with Crippen LogP contribution in [0.1, 0.15) is 39.5 Å². The lowest BCUT2D eigenvalue weighted by Gasteiger charge is -2.37. The third-order valence-electron chi connectivity index (χ3n) is 3.55. The molecule has 0 aromatic heterocycles. The van der Waals surface area contributed by atoms with Crippen molar-refractivity contribution in [2.45, 2.75) is 45.1 Å². The smallest absolute Gasteiger partial charge is 0.303 e. The van der Waals surface area contributed by atoms with E-state index in [1.54, 1.807) is 4.90 Å². The van der Waals surface area contributed by atoms with Gasteiger partial charge in [0, 0.05) is 19.5 Å². The molecule has 1 rings (SSSR count). The Labute approximate surface area is 125 Å². The van der Waals surface area contributed by atoms with Crippen LogP contribution >= 0.6 is 0 Å². The van der Waals surface area contributed by atoms with E-state index in [0.717, 1.165) is 19.1 Å². The van der Waals surface area contributed by atoms with E-state index in [1.165, 1.54) is 13.8 Å². The number of carboxylic acid groups (broad SMARTS) is 1. The molecule has 7 nitrogen and oxygen atoms in total. The van der Waals surface area contributed by atoms with Gasteiger partial charge in [-0.25, -0.2) is 13.1 Å². The maximum absolute atomic E-state index is 12.5. The lowest BCUT2D eigenvalue weighted by molar-refractivity contribution is -0.138. The Kier molecular flexibility index (Phi) is 5.75. The largest absolute Gasteiger partial charge is 0.481 e. The van der Waals surface area contributed by atoms with E-state index in [2.05, 4.69) is 4.72 Å². The van der Waals surface area contributed by atoms with Crippen LogP contribution in [-0.2, 0) is 19.6 Å². The molecule has 8 heteroatoms. The SMILES string of the molecule is CC(C)(NS(C)(=O)=O)C(=O)N1CCCC(CCC(=O)O)C1. The van der Waals surface area contributed by atoms with E-state index >= 15 is 0 Å². The first-order valence-electron chi connectivity index (χ1n) is 7.01. The van der Waals surface area contributed by atoms with Gasteiger partial charge in [-0.3, -0.25) is 9.59 Å². The summed E-state index contributed by atoms with van der Waals surface area (Å²) >= 11 is 0. The Morgan fingerprint density at radius 3 is 2.52 bits per heavy atom. The molecule has 1 fully saturated rings. The highest BCUT2D eigenvalue weighted by Gasteiger charge is 2.36. The van der Waals surface area contributed by atoms with Gasteiger partial charge in [0.2, 0.25) is 15.9 Å². The molecule has 0 aromatic carbocycles. The Morgan fingerprint density at radius 2 is 2.00 bits per heavy atom. The van der Waals surface area contributed by atoms with Gasteiger partial charge in [-0.1, -0.05) is 0 Å². The lowest BCUT2D eigenvalue weighted by Crippen LogP contribution is -2.57. The minimum Gasteiger partial charge on any atom is -0.481 e. The molecule has 1 amide bonds. The summed E-state index contributed by atoms with van der Waals surface area (Å²) < 4.78 is 25.0. The maximum atomic E-state index is 12.5. The third kappa shape index (κ3) is 6.01. The highest BCUT2D eigenvalue weighted by Crippen LogP contribution is 2.23. The summed E-state index contributed by atoms with van der Waals surface area (Å²) in [7, 11) is -3.48. The van der Waals surface area contributed by atoms with Crippen molar-refractivity contribution in [3.63, 3.8) is 0 Å². The number of sulfonamides is 1. The molecule has 0 aliphatic carbocycles. The van der Waals surface area contributed by atoms with Crippen LogP contribution < -0.4 is 4.72 Å². The summed E-state index contributed by atoms with van der Waals surface area (Å²) in [5.41, 5.74) is -1.19. The summed E-state index contributed by atoms with van der Waals surface area (Å²) in [5, 5.41) is 8.72. The predicted molar refractivity (Wildman–Crippen MR) is 78.2 cm³/mol. The first kappa shape index (κ1) is 17.9. The van der Waals surface area contributed by atoms with Gasteiger partial charge in [0.25, 0.3) is 0 Å². The van der Waals surface area contributed by atoms with Gasteiger partial charge in [-0.2, -0.15) is 0 Å². The second-order valence-corrected chi connectivity index (χ2v) is 7.94. The fourth-order valence-electron chi connectivity index (χ4n) is 2.72. The fourth-order valence-corrected chi connectivity index (χ4v) is 3.73. The Morgan fingerprint density at radius 1 is 1.38 bits per heavy atom. The molecule has 0 spiro atoms. The average Bonchev–Trinajstić information content (AvgIpc) is 2.33. The third-order valence-corrected chi connectivity index (χ3v) is 4.43. The van der Waals surface area contributed by atoms with E-state index in [4.69, 9.17) is 5.11 Å². The van der Waals surface area contributed by atoms with Crippen LogP contribution in [0, 0.1) is 5.92 Å². The summed E-state index contributed by atoms with van der Waals surface area (Å²) in [4.78, 5) is 24.7. The fraction of sp³-hybridized carbons (Fsp3) is 0.846. The number of carboxylic acids is 1. The lowest BCUT2D eigenvalue weighted by atomic mass is 9.92. The van der Waals surface area contributed by atoms with Crippen molar-refractivity contribution in [1.29, 1.82) is 0 Å². The molecule has 1 aliphatic rings. The molecular weight excluding hydrogens is 296 g/mol. The summed E-state index contributed by atoms with van der Waals surface area (Å²) in [5.74, 6) is -0.946. The normalized spacial score (nSPS) is 20.3. The van der Waals surface area contributed by atoms with Crippen LogP contribution in [0.3, 0.4) is 0 Å². The number of piperidine rings is 1. The first-order valence-corrected chi connectivity index (χ1v) is 8.90. The van der Waals surface area contributed by atoms with Gasteiger partial charge in [0.15, 0.2) is 0 Å². The molecule has 0 aromatic rings. The van der Waals surface area contributed by atoms with Gasteiger partial charge in [-0.15, -0.1) is 0 Å². The number of aliphatic carboxylic acids is 1. The van der Waals surface area contributed by atoms with Gasteiger partial charge in [0.1, 0.15) is 5.54 Å². The van der Waals surface area contributed by atoms with Crippen molar-refractivity contribution in [2.24, 2.45) is 5.92 Å². The molecule has 122 valence electrons. The monoisotopic (exact) mass is 320 g/mol. The molecule has 0 radical (unpaired) electrons. The number of amides is 1. The topological polar surface area (TPSA) is 104 Å². The second kappa shape index (κ2) is 6.74. The zero-order chi connectivity index (χ0) is 16.3. The first-order chi connectivity index (χ1) is 9.51. The van der Waals surface area contributed by atoms with Crippen LogP contribution in [0.4, 0.5) is 0 Å². The molecule has 1 unspecified atom stereocenters. The predicted octanol–water partition coefficient (Wildman–Crippen LogP) is 0.418. The van der Waals surface area contributed by atoms with Crippen molar-refractivity contribution in [2.75, 3.05) is 19.3 Å². The molecule has 1 heterocycles. The summed E-state index contributed by atoms with van der Waals surface area (Å²) in [6.07, 6.45) is 3.37. The van der Waals surface area contributed by atoms with Crippen molar-refractivity contribution < 1.29 is 23.1 Å². The minimum atomic E-state index is -3.48. The zero-order valence-corrected chi connectivity index (χ0v) is 13.6. The maximum Gasteiger partial charge on any atom is 0.303 e. The highest BCUT2D eigenvalue weighted by atomic mass is 32.2. The van der Waals surface area contributed by atoms with E-state index in [1.807, 2.05) is 0 Å². The van der Waals surface area contributed by atoms with Crippen molar-refractivity contribution in [1.82, 2.24) is 9.62 Å². The molecule has 0 saturated carbocycles. The molecular formula is C13H24N2O5S. The molecule has 1 aliphatic heterocycles. The number of carbonyl (C=O) groups is 2. The number of hydrogen-bond donors (Lipinski definition) is 2. The van der Waals surface area contributed by atoms with Crippen LogP contribution in [-0.4, -0.2) is 55.2 Å². The minimum absolute atomic E-state index is 0.0949. The summed E-state index contributed by atoms with van der Waals surface area (Å²) in [6, 6.07) is 0. The van der Waals surface area contributed by atoms with Crippen molar-refractivity contribution in [3.8, 4) is 0 Å². The van der Waals surface area contributed by atoms with Crippen LogP contribution in [0.2, 0.25) is 0 Å². The van der Waals surface area contributed by atoms with Gasteiger partial charge >= 0.3 is 5.97 Å². The van der Waals surface area contributed by atoms with Gasteiger partial charge in [0.05, 0.1) is 6.26 Å². The molecule has 1 saturated heterocycles. The van der Waals surface area contributed by atoms with Gasteiger partial charge in [-0.05, 0) is 39.0 Å². The van der Waals surface area contributed by atoms with Crippen molar-refractivity contribution in [3.05, 3.63) is 0 Å². The quantitative estimate of drug-likeness (QED) is 0.738. The number of rotatable bonds is 6. The standard InChI is InChI=1S/C13H24N2O5S/c1-13(2,14-21(3,19)20)12(18)15-8-4-5-10(9-15)6-7-11(16)17/h10,14H,4-9H2,1-3H3,(H,16,17). The van der Waals surface area contributed by atoms with Crippen molar-refractivity contribution >= 4 is 21.9 Å². The summed E-state index contributed by atoms with van der Waals surface area (Å²) in [6.45, 7) is 4.15. The number of likely N-dealkylation sites (tertiary alicyclic amines) is 1. The van der Waals surface area contributed by atoms with E-state index in [-0.39, 0.29) is 18.2 Å².